The van der Waals surface area contributed by atoms with Crippen LogP contribution < -0.4 is 19.6 Å². The van der Waals surface area contributed by atoms with E-state index in [2.05, 4.69) is 11.6 Å². The Morgan fingerprint density at radius 1 is 1.19 bits per heavy atom. The number of ether oxygens (including phenoxy) is 2. The summed E-state index contributed by atoms with van der Waals surface area (Å²) in [6.45, 7) is 6.50. The summed E-state index contributed by atoms with van der Waals surface area (Å²) in [4.78, 5) is 53.3. The molecule has 0 N–H and O–H groups in total. The van der Waals surface area contributed by atoms with Gasteiger partial charge < -0.3 is 9.47 Å². The first-order chi connectivity index (χ1) is 17.7. The fraction of sp³-hybridized carbons (Fsp3) is 0.154. The van der Waals surface area contributed by atoms with E-state index in [-0.39, 0.29) is 17.9 Å². The Morgan fingerprint density at radius 3 is 2.46 bits per heavy atom. The highest BCUT2D eigenvalue weighted by atomic mass is 32.1. The van der Waals surface area contributed by atoms with E-state index in [4.69, 9.17) is 9.47 Å². The van der Waals surface area contributed by atoms with E-state index in [1.165, 1.54) is 29.7 Å². The number of fused-ring (bicyclic) bond motifs is 1. The lowest BCUT2D eigenvalue weighted by Gasteiger charge is -2.24. The van der Waals surface area contributed by atoms with Crippen LogP contribution in [0.3, 0.4) is 0 Å². The Hall–Kier alpha value is -4.64. The van der Waals surface area contributed by atoms with Crippen LogP contribution in [0, 0.1) is 10.1 Å². The van der Waals surface area contributed by atoms with E-state index in [1.54, 1.807) is 49.4 Å². The fourth-order valence-corrected chi connectivity index (χ4v) is 4.88. The summed E-state index contributed by atoms with van der Waals surface area (Å²) < 4.78 is 12.2. The third-order valence-electron chi connectivity index (χ3n) is 5.43. The maximum atomic E-state index is 13.6. The predicted octanol–water partition coefficient (Wildman–Crippen LogP) is 2.80. The van der Waals surface area contributed by atoms with E-state index < -0.39 is 28.5 Å². The molecule has 0 bridgehead atoms. The number of nitrogens with zero attached hydrogens (tertiary/aromatic N) is 3. The molecule has 1 atom stereocenters. The largest absolute Gasteiger partial charge is 0.458 e. The molecule has 0 amide bonds. The summed E-state index contributed by atoms with van der Waals surface area (Å²) in [6.07, 6.45) is 3.06. The van der Waals surface area contributed by atoms with Crippen molar-refractivity contribution >= 4 is 35.0 Å². The Labute approximate surface area is 214 Å². The molecular formula is C26H21N3O7S. The van der Waals surface area contributed by atoms with Gasteiger partial charge in [0.15, 0.2) is 4.80 Å². The smallest absolute Gasteiger partial charge is 0.338 e. The second-order valence-corrected chi connectivity index (χ2v) is 8.99. The number of nitro benzene ring substituents is 1. The van der Waals surface area contributed by atoms with Gasteiger partial charge in [-0.15, -0.1) is 0 Å². The second kappa shape index (κ2) is 10.5. The van der Waals surface area contributed by atoms with Crippen LogP contribution in [0.4, 0.5) is 5.69 Å². The highest BCUT2D eigenvalue weighted by Crippen LogP contribution is 2.31. The van der Waals surface area contributed by atoms with Crippen LogP contribution in [0.5, 0.6) is 5.75 Å². The zero-order chi connectivity index (χ0) is 26.7. The van der Waals surface area contributed by atoms with Crippen molar-refractivity contribution < 1.29 is 24.0 Å². The number of esters is 2. The highest BCUT2D eigenvalue weighted by molar-refractivity contribution is 7.07. The van der Waals surface area contributed by atoms with Crippen molar-refractivity contribution in [3.05, 3.63) is 113 Å². The number of non-ortho nitro benzene ring substituents is 1. The minimum atomic E-state index is -0.848. The van der Waals surface area contributed by atoms with Crippen LogP contribution in [0.25, 0.3) is 6.08 Å². The predicted molar refractivity (Wildman–Crippen MR) is 136 cm³/mol. The van der Waals surface area contributed by atoms with Crippen LogP contribution in [0.2, 0.25) is 0 Å². The first kappa shape index (κ1) is 25.5. The quantitative estimate of drug-likeness (QED) is 0.154. The van der Waals surface area contributed by atoms with Crippen molar-refractivity contribution in [3.63, 3.8) is 0 Å². The summed E-state index contributed by atoms with van der Waals surface area (Å²) in [5.41, 5.74) is 1.31. The Kier molecular flexibility index (Phi) is 7.25. The monoisotopic (exact) mass is 519 g/mol. The molecule has 2 heterocycles. The Bertz CT molecular complexity index is 1610. The molecule has 2 aromatic carbocycles. The molecular weight excluding hydrogens is 498 g/mol. The average Bonchev–Trinajstić information content (AvgIpc) is 3.16. The van der Waals surface area contributed by atoms with Gasteiger partial charge >= 0.3 is 11.9 Å². The molecule has 1 aliphatic heterocycles. The van der Waals surface area contributed by atoms with Gasteiger partial charge in [0.05, 0.1) is 26.8 Å². The number of allylic oxidation sites excluding steroid dienone is 1. The van der Waals surface area contributed by atoms with Crippen molar-refractivity contribution in [2.45, 2.75) is 19.9 Å². The van der Waals surface area contributed by atoms with E-state index in [0.29, 0.717) is 31.9 Å². The molecule has 1 unspecified atom stereocenters. The van der Waals surface area contributed by atoms with Crippen molar-refractivity contribution in [1.82, 2.24) is 4.57 Å². The number of hydrogen-bond donors (Lipinski definition) is 0. The summed E-state index contributed by atoms with van der Waals surface area (Å²) in [5.74, 6) is -0.797. The van der Waals surface area contributed by atoms with Crippen LogP contribution in [-0.4, -0.2) is 28.0 Å². The van der Waals surface area contributed by atoms with Gasteiger partial charge in [0.1, 0.15) is 12.4 Å². The molecule has 0 aliphatic carbocycles. The van der Waals surface area contributed by atoms with Gasteiger partial charge in [-0.1, -0.05) is 36.1 Å². The lowest BCUT2D eigenvalue weighted by Crippen LogP contribution is -2.39. The lowest BCUT2D eigenvalue weighted by molar-refractivity contribution is -0.384. The summed E-state index contributed by atoms with van der Waals surface area (Å²) in [7, 11) is 0. The average molecular weight is 520 g/mol. The number of nitro groups is 1. The summed E-state index contributed by atoms with van der Waals surface area (Å²) in [6, 6.07) is 11.4. The zero-order valence-corrected chi connectivity index (χ0v) is 20.7. The van der Waals surface area contributed by atoms with Gasteiger partial charge in [-0.25, -0.2) is 9.79 Å². The molecule has 0 spiro atoms. The Morgan fingerprint density at radius 2 is 1.86 bits per heavy atom. The molecule has 0 radical (unpaired) electrons. The van der Waals surface area contributed by atoms with Crippen molar-refractivity contribution in [3.8, 4) is 5.75 Å². The van der Waals surface area contributed by atoms with Gasteiger partial charge in [0.2, 0.25) is 0 Å². The SMILES string of the molecule is C=CCOC(=O)C1=C(C)N=c2s/c(=C\c3ccc([N+](=O)[O-])cc3)c(=O)n2C1c1ccc(OC(C)=O)cc1. The van der Waals surface area contributed by atoms with Crippen molar-refractivity contribution in [1.29, 1.82) is 0 Å². The number of carbonyl (C=O) groups is 2. The van der Waals surface area contributed by atoms with Gasteiger partial charge in [-0.3, -0.25) is 24.3 Å². The molecule has 0 fully saturated rings. The third-order valence-corrected chi connectivity index (χ3v) is 6.42. The molecule has 0 saturated carbocycles. The van der Waals surface area contributed by atoms with Crippen molar-refractivity contribution in [2.24, 2.45) is 4.99 Å². The standard InChI is InChI=1S/C26H21N3O7S/c1-4-13-35-25(32)22-15(2)27-26-28(23(22)18-7-11-20(12-8-18)36-16(3)30)24(31)21(37-26)14-17-5-9-19(10-6-17)29(33)34/h4-12,14,23H,1,13H2,2-3H3/b21-14-. The van der Waals surface area contributed by atoms with E-state index in [9.17, 15) is 24.5 Å². The van der Waals surface area contributed by atoms with E-state index >= 15 is 0 Å². The summed E-state index contributed by atoms with van der Waals surface area (Å²) in [5, 5.41) is 10.9. The second-order valence-electron chi connectivity index (χ2n) is 7.98. The minimum Gasteiger partial charge on any atom is -0.458 e. The maximum absolute atomic E-state index is 13.6. The number of thiazole rings is 1. The normalized spacial score (nSPS) is 15.0. The molecule has 0 saturated heterocycles. The van der Waals surface area contributed by atoms with Crippen LogP contribution in [0.1, 0.15) is 31.0 Å². The van der Waals surface area contributed by atoms with Crippen LogP contribution in [-0.2, 0) is 14.3 Å². The number of hydrogen-bond acceptors (Lipinski definition) is 9. The van der Waals surface area contributed by atoms with Gasteiger partial charge in [0, 0.05) is 19.1 Å². The fourth-order valence-electron chi connectivity index (χ4n) is 3.84. The topological polar surface area (TPSA) is 130 Å². The van der Waals surface area contributed by atoms with E-state index in [0.717, 1.165) is 11.3 Å². The van der Waals surface area contributed by atoms with Gasteiger partial charge in [-0.2, -0.15) is 0 Å². The molecule has 10 nitrogen and oxygen atoms in total. The first-order valence-corrected chi connectivity index (χ1v) is 11.8. The lowest BCUT2D eigenvalue weighted by atomic mass is 9.96. The Balaban J connectivity index is 1.86. The maximum Gasteiger partial charge on any atom is 0.338 e. The number of benzene rings is 2. The van der Waals surface area contributed by atoms with Crippen LogP contribution >= 0.6 is 11.3 Å². The van der Waals surface area contributed by atoms with Crippen molar-refractivity contribution in [2.75, 3.05) is 6.61 Å². The highest BCUT2D eigenvalue weighted by Gasteiger charge is 2.33. The molecule has 1 aliphatic rings. The minimum absolute atomic E-state index is 0.0156. The number of carbonyl (C=O) groups excluding carboxylic acids is 2. The molecule has 37 heavy (non-hydrogen) atoms. The molecule has 4 rings (SSSR count). The van der Waals surface area contributed by atoms with Crippen LogP contribution in [0.15, 0.2) is 82.2 Å². The molecule has 11 heteroatoms. The molecule has 1 aromatic heterocycles. The third kappa shape index (κ3) is 5.31. The summed E-state index contributed by atoms with van der Waals surface area (Å²) >= 11 is 1.14. The van der Waals surface area contributed by atoms with Gasteiger partial charge in [-0.05, 0) is 48.4 Å². The zero-order valence-electron chi connectivity index (χ0n) is 19.9. The number of rotatable bonds is 7. The number of aromatic nitrogens is 1. The molecule has 3 aromatic rings. The van der Waals surface area contributed by atoms with E-state index in [1.807, 2.05) is 0 Å². The molecule has 188 valence electrons. The first-order valence-electron chi connectivity index (χ1n) is 11.0. The van der Waals surface area contributed by atoms with Gasteiger partial charge in [0.25, 0.3) is 11.2 Å².